The van der Waals surface area contributed by atoms with E-state index in [9.17, 15) is 10.1 Å². The fraction of sp³-hybridized carbons (Fsp3) is 0. The molecule has 0 bridgehead atoms. The van der Waals surface area contributed by atoms with Gasteiger partial charge in [0, 0.05) is 29.1 Å². The molecule has 106 valence electrons. The number of imidazole rings is 1. The summed E-state index contributed by atoms with van der Waals surface area (Å²) < 4.78 is 8.42. The SMILES string of the molecule is O=[N+]([O-])c1cc(Br)ccc1Oc1nc(Br)cn2ccnc12. The molecule has 2 aromatic heterocycles. The summed E-state index contributed by atoms with van der Waals surface area (Å²) in [6.45, 7) is 0. The minimum Gasteiger partial charge on any atom is -0.428 e. The van der Waals surface area contributed by atoms with Crippen LogP contribution in [0.3, 0.4) is 0 Å². The molecule has 0 radical (unpaired) electrons. The van der Waals surface area contributed by atoms with Gasteiger partial charge in [0.1, 0.15) is 4.60 Å². The second-order valence-corrected chi connectivity index (χ2v) is 5.73. The summed E-state index contributed by atoms with van der Waals surface area (Å²) in [4.78, 5) is 18.9. The molecule has 0 saturated heterocycles. The molecule has 0 aliphatic heterocycles. The highest BCUT2D eigenvalue weighted by Gasteiger charge is 2.18. The van der Waals surface area contributed by atoms with E-state index in [2.05, 4.69) is 41.8 Å². The van der Waals surface area contributed by atoms with Crippen LogP contribution >= 0.6 is 31.9 Å². The molecule has 0 spiro atoms. The molecule has 0 aliphatic carbocycles. The van der Waals surface area contributed by atoms with Crippen LogP contribution in [0.5, 0.6) is 11.6 Å². The van der Waals surface area contributed by atoms with Gasteiger partial charge >= 0.3 is 5.69 Å². The monoisotopic (exact) mass is 412 g/mol. The Balaban J connectivity index is 2.10. The van der Waals surface area contributed by atoms with E-state index in [0.717, 1.165) is 0 Å². The van der Waals surface area contributed by atoms with Crippen molar-refractivity contribution in [3.63, 3.8) is 0 Å². The normalized spacial score (nSPS) is 10.8. The largest absolute Gasteiger partial charge is 0.428 e. The number of hydrogen-bond acceptors (Lipinski definition) is 5. The highest BCUT2D eigenvalue weighted by atomic mass is 79.9. The van der Waals surface area contributed by atoms with E-state index in [4.69, 9.17) is 4.74 Å². The summed E-state index contributed by atoms with van der Waals surface area (Å²) in [5.41, 5.74) is 0.311. The van der Waals surface area contributed by atoms with Crippen molar-refractivity contribution in [3.05, 3.63) is 56.0 Å². The molecule has 3 aromatic rings. The molecule has 0 atom stereocenters. The average Bonchev–Trinajstić information content (AvgIpc) is 2.88. The van der Waals surface area contributed by atoms with E-state index < -0.39 is 4.92 Å². The average molecular weight is 414 g/mol. The number of fused-ring (bicyclic) bond motifs is 1. The highest BCUT2D eigenvalue weighted by molar-refractivity contribution is 9.10. The van der Waals surface area contributed by atoms with E-state index in [0.29, 0.717) is 14.7 Å². The topological polar surface area (TPSA) is 82.6 Å². The number of nitro groups is 1. The van der Waals surface area contributed by atoms with E-state index in [1.165, 1.54) is 12.1 Å². The van der Waals surface area contributed by atoms with E-state index in [1.807, 2.05) is 0 Å². The molecule has 21 heavy (non-hydrogen) atoms. The first-order chi connectivity index (χ1) is 10.0. The zero-order valence-corrected chi connectivity index (χ0v) is 13.4. The van der Waals surface area contributed by atoms with Crippen molar-refractivity contribution in [2.24, 2.45) is 0 Å². The quantitative estimate of drug-likeness (QED) is 0.479. The molecular formula is C12H6Br2N4O3. The number of benzene rings is 1. The van der Waals surface area contributed by atoms with Crippen LogP contribution in [0.15, 0.2) is 45.9 Å². The molecular weight excluding hydrogens is 408 g/mol. The first-order valence-corrected chi connectivity index (χ1v) is 7.24. The fourth-order valence-electron chi connectivity index (χ4n) is 1.77. The second kappa shape index (κ2) is 5.41. The van der Waals surface area contributed by atoms with Crippen LogP contribution in [0, 0.1) is 10.1 Å². The maximum absolute atomic E-state index is 11.1. The number of aromatic nitrogens is 3. The molecule has 2 heterocycles. The Morgan fingerprint density at radius 1 is 1.33 bits per heavy atom. The molecule has 7 nitrogen and oxygen atoms in total. The van der Waals surface area contributed by atoms with Crippen LogP contribution in [0.4, 0.5) is 5.69 Å². The van der Waals surface area contributed by atoms with Gasteiger partial charge in [0.05, 0.1) is 4.92 Å². The number of halogens is 2. The number of rotatable bonds is 3. The van der Waals surface area contributed by atoms with E-state index in [-0.39, 0.29) is 17.3 Å². The summed E-state index contributed by atoms with van der Waals surface area (Å²) in [5, 5.41) is 11.1. The summed E-state index contributed by atoms with van der Waals surface area (Å²) in [6.07, 6.45) is 5.03. The molecule has 0 fully saturated rings. The Morgan fingerprint density at radius 2 is 2.14 bits per heavy atom. The van der Waals surface area contributed by atoms with Crippen molar-refractivity contribution in [1.29, 1.82) is 0 Å². The molecule has 0 amide bonds. The van der Waals surface area contributed by atoms with Crippen LogP contribution in [-0.4, -0.2) is 19.3 Å². The van der Waals surface area contributed by atoms with Gasteiger partial charge in [-0.3, -0.25) is 14.5 Å². The maximum atomic E-state index is 11.1. The van der Waals surface area contributed by atoms with Gasteiger partial charge < -0.3 is 4.74 Å². The molecule has 3 rings (SSSR count). The van der Waals surface area contributed by atoms with Gasteiger partial charge in [-0.15, -0.1) is 0 Å². The third-order valence-corrected chi connectivity index (χ3v) is 3.51. The minimum absolute atomic E-state index is 0.0960. The van der Waals surface area contributed by atoms with Crippen molar-refractivity contribution in [1.82, 2.24) is 14.4 Å². The van der Waals surface area contributed by atoms with Crippen molar-refractivity contribution in [3.8, 4) is 11.6 Å². The van der Waals surface area contributed by atoms with Gasteiger partial charge in [-0.25, -0.2) is 9.97 Å². The number of nitro benzene ring substituents is 1. The van der Waals surface area contributed by atoms with Gasteiger partial charge in [0.2, 0.25) is 11.4 Å². The van der Waals surface area contributed by atoms with Gasteiger partial charge in [0.15, 0.2) is 0 Å². The zero-order chi connectivity index (χ0) is 15.0. The Bertz CT molecular complexity index is 850. The Morgan fingerprint density at radius 3 is 2.90 bits per heavy atom. The molecule has 9 heteroatoms. The van der Waals surface area contributed by atoms with Crippen molar-refractivity contribution >= 4 is 43.2 Å². The molecule has 0 aliphatic rings. The number of hydrogen-bond donors (Lipinski definition) is 0. The first kappa shape index (κ1) is 14.0. The van der Waals surface area contributed by atoms with Crippen LogP contribution < -0.4 is 4.74 Å². The minimum atomic E-state index is -0.513. The van der Waals surface area contributed by atoms with Crippen LogP contribution in [0.1, 0.15) is 0 Å². The first-order valence-electron chi connectivity index (χ1n) is 5.65. The predicted octanol–water partition coefficient (Wildman–Crippen LogP) is 3.95. The summed E-state index contributed by atoms with van der Waals surface area (Å²) in [5.74, 6) is 0.276. The van der Waals surface area contributed by atoms with Gasteiger partial charge in [-0.05, 0) is 28.1 Å². The third kappa shape index (κ3) is 2.74. The maximum Gasteiger partial charge on any atom is 0.312 e. The van der Waals surface area contributed by atoms with E-state index >= 15 is 0 Å². The van der Waals surface area contributed by atoms with Crippen LogP contribution in [-0.2, 0) is 0 Å². The standard InChI is InChI=1S/C12H6Br2N4O3/c13-7-1-2-9(8(5-7)18(19)20)21-12-11-15-3-4-17(11)6-10(14)16-12/h1-6H. The lowest BCUT2D eigenvalue weighted by Crippen LogP contribution is -1.98. The fourth-order valence-corrected chi connectivity index (χ4v) is 2.50. The Hall–Kier alpha value is -2.00. The smallest absolute Gasteiger partial charge is 0.312 e. The number of ether oxygens (including phenoxy) is 1. The molecule has 0 unspecified atom stereocenters. The van der Waals surface area contributed by atoms with Crippen molar-refractivity contribution < 1.29 is 9.66 Å². The van der Waals surface area contributed by atoms with Crippen molar-refractivity contribution in [2.75, 3.05) is 0 Å². The zero-order valence-electron chi connectivity index (χ0n) is 10.2. The summed E-state index contributed by atoms with van der Waals surface area (Å²) in [6, 6.07) is 4.53. The highest BCUT2D eigenvalue weighted by Crippen LogP contribution is 2.34. The predicted molar refractivity (Wildman–Crippen MR) is 81.6 cm³/mol. The third-order valence-electron chi connectivity index (χ3n) is 2.64. The second-order valence-electron chi connectivity index (χ2n) is 4.00. The summed E-state index contributed by atoms with van der Waals surface area (Å²) in [7, 11) is 0. The van der Waals surface area contributed by atoms with Gasteiger partial charge in [0.25, 0.3) is 5.88 Å². The van der Waals surface area contributed by atoms with Gasteiger partial charge in [-0.2, -0.15) is 0 Å². The summed E-state index contributed by atoms with van der Waals surface area (Å²) >= 11 is 6.45. The lowest BCUT2D eigenvalue weighted by atomic mass is 10.3. The Labute approximate surface area is 135 Å². The lowest BCUT2D eigenvalue weighted by molar-refractivity contribution is -0.385. The van der Waals surface area contributed by atoms with Crippen LogP contribution in [0.25, 0.3) is 5.65 Å². The Kier molecular flexibility index (Phi) is 3.60. The van der Waals surface area contributed by atoms with Crippen LogP contribution in [0.2, 0.25) is 0 Å². The molecule has 1 aromatic carbocycles. The number of nitrogens with zero attached hydrogens (tertiary/aromatic N) is 4. The lowest BCUT2D eigenvalue weighted by Gasteiger charge is -2.07. The molecule has 0 saturated carbocycles. The van der Waals surface area contributed by atoms with Crippen molar-refractivity contribution in [2.45, 2.75) is 0 Å². The van der Waals surface area contributed by atoms with Gasteiger partial charge in [-0.1, -0.05) is 15.9 Å². The molecule has 0 N–H and O–H groups in total. The van der Waals surface area contributed by atoms with E-state index in [1.54, 1.807) is 29.1 Å².